The van der Waals surface area contributed by atoms with Crippen molar-refractivity contribution in [3.8, 4) is 10.4 Å². The molecule has 4 rings (SSSR count). The summed E-state index contributed by atoms with van der Waals surface area (Å²) in [6.45, 7) is 0. The summed E-state index contributed by atoms with van der Waals surface area (Å²) in [5.41, 5.74) is 14.0. The molecule has 2 aromatic carbocycles. The molecular formula is C21H19N5O3S2. The van der Waals surface area contributed by atoms with Gasteiger partial charge in [0.15, 0.2) is 0 Å². The van der Waals surface area contributed by atoms with Crippen LogP contribution in [0.1, 0.15) is 5.56 Å². The number of amides is 1. The summed E-state index contributed by atoms with van der Waals surface area (Å²) in [4.78, 5) is 21.3. The van der Waals surface area contributed by atoms with Gasteiger partial charge in [-0.15, -0.1) is 11.3 Å². The van der Waals surface area contributed by atoms with E-state index in [0.717, 1.165) is 15.1 Å². The van der Waals surface area contributed by atoms with E-state index in [2.05, 4.69) is 14.7 Å². The molecule has 0 radical (unpaired) electrons. The third-order valence-electron chi connectivity index (χ3n) is 4.64. The number of carbonyl (C=O) groups excluding carboxylic acids is 1. The Morgan fingerprint density at radius 2 is 1.84 bits per heavy atom. The maximum absolute atomic E-state index is 12.8. The SMILES string of the molecule is Nc1ncnc2cc(-c3cccc(S(=O)(=O)NC(=O)C(N)Cc4ccccc4)c3)sc12. The van der Waals surface area contributed by atoms with Crippen molar-refractivity contribution in [3.63, 3.8) is 0 Å². The summed E-state index contributed by atoms with van der Waals surface area (Å²) in [5, 5.41) is 0. The first-order chi connectivity index (χ1) is 14.8. The Hall–Kier alpha value is -3.34. The number of thiophene rings is 1. The molecule has 1 amide bonds. The fraction of sp³-hybridized carbons (Fsp3) is 0.0952. The van der Waals surface area contributed by atoms with Crippen LogP contribution in [-0.4, -0.2) is 30.3 Å². The zero-order chi connectivity index (χ0) is 22.0. The molecule has 2 heterocycles. The number of hydrogen-bond acceptors (Lipinski definition) is 8. The van der Waals surface area contributed by atoms with Crippen molar-refractivity contribution in [3.05, 3.63) is 72.6 Å². The molecule has 0 saturated heterocycles. The van der Waals surface area contributed by atoms with E-state index < -0.39 is 22.0 Å². The van der Waals surface area contributed by atoms with Crippen LogP contribution in [0.5, 0.6) is 0 Å². The topological polar surface area (TPSA) is 141 Å². The summed E-state index contributed by atoms with van der Waals surface area (Å²) in [6, 6.07) is 16.3. The van der Waals surface area contributed by atoms with Crippen LogP contribution in [0, 0.1) is 0 Å². The van der Waals surface area contributed by atoms with Gasteiger partial charge in [-0.1, -0.05) is 42.5 Å². The van der Waals surface area contributed by atoms with Gasteiger partial charge < -0.3 is 11.5 Å². The van der Waals surface area contributed by atoms with Gasteiger partial charge in [-0.25, -0.2) is 23.1 Å². The molecule has 5 N–H and O–H groups in total. The van der Waals surface area contributed by atoms with E-state index >= 15 is 0 Å². The number of nitrogen functional groups attached to an aromatic ring is 1. The monoisotopic (exact) mass is 453 g/mol. The molecule has 10 heteroatoms. The molecule has 0 spiro atoms. The normalized spacial score (nSPS) is 12.5. The fourth-order valence-corrected chi connectivity index (χ4v) is 5.14. The molecule has 1 atom stereocenters. The van der Waals surface area contributed by atoms with E-state index in [0.29, 0.717) is 16.9 Å². The average Bonchev–Trinajstić information content (AvgIpc) is 3.20. The molecule has 8 nitrogen and oxygen atoms in total. The van der Waals surface area contributed by atoms with Crippen molar-refractivity contribution in [1.29, 1.82) is 0 Å². The second-order valence-corrected chi connectivity index (χ2v) is 9.61. The molecule has 0 fully saturated rings. The number of hydrogen-bond donors (Lipinski definition) is 3. The van der Waals surface area contributed by atoms with E-state index in [1.807, 2.05) is 36.4 Å². The predicted octanol–water partition coefficient (Wildman–Crippen LogP) is 2.32. The standard InChI is InChI=1S/C21H19N5O3S2/c22-16(9-13-5-2-1-3-6-13)21(27)26-31(28,29)15-8-4-7-14(10-15)18-11-17-19(30-18)20(23)25-12-24-17/h1-8,10-12,16H,9,22H2,(H,26,27)(H2,23,24,25). The number of rotatable bonds is 6. The maximum Gasteiger partial charge on any atom is 0.264 e. The highest BCUT2D eigenvalue weighted by atomic mass is 32.2. The lowest BCUT2D eigenvalue weighted by Gasteiger charge is -2.13. The minimum atomic E-state index is -4.09. The van der Waals surface area contributed by atoms with Crippen LogP contribution in [0.4, 0.5) is 5.82 Å². The van der Waals surface area contributed by atoms with Crippen LogP contribution in [0.15, 0.2) is 71.9 Å². The number of carbonyl (C=O) groups is 1. The summed E-state index contributed by atoms with van der Waals surface area (Å²) < 4.78 is 28.4. The predicted molar refractivity (Wildman–Crippen MR) is 121 cm³/mol. The van der Waals surface area contributed by atoms with Gasteiger partial charge in [-0.2, -0.15) is 0 Å². The number of nitrogens with one attached hydrogen (secondary N) is 1. The average molecular weight is 454 g/mol. The van der Waals surface area contributed by atoms with Gasteiger partial charge in [0, 0.05) is 4.88 Å². The van der Waals surface area contributed by atoms with E-state index in [1.165, 1.54) is 29.8 Å². The molecule has 31 heavy (non-hydrogen) atoms. The van der Waals surface area contributed by atoms with Gasteiger partial charge in [-0.05, 0) is 35.7 Å². The minimum Gasteiger partial charge on any atom is -0.382 e. The second-order valence-electron chi connectivity index (χ2n) is 6.88. The first kappa shape index (κ1) is 20.9. The third kappa shape index (κ3) is 4.55. The number of nitrogens with zero attached hydrogens (tertiary/aromatic N) is 2. The molecule has 0 bridgehead atoms. The fourth-order valence-electron chi connectivity index (χ4n) is 3.06. The van der Waals surface area contributed by atoms with E-state index in [4.69, 9.17) is 11.5 Å². The smallest absolute Gasteiger partial charge is 0.264 e. The number of benzene rings is 2. The zero-order valence-corrected chi connectivity index (χ0v) is 17.9. The Kier molecular flexibility index (Phi) is 5.68. The van der Waals surface area contributed by atoms with Gasteiger partial charge in [0.05, 0.1) is 21.2 Å². The van der Waals surface area contributed by atoms with Crippen molar-refractivity contribution in [1.82, 2.24) is 14.7 Å². The Morgan fingerprint density at radius 3 is 2.58 bits per heavy atom. The van der Waals surface area contributed by atoms with Gasteiger partial charge in [0.1, 0.15) is 12.1 Å². The Labute approximate surface area is 183 Å². The second kappa shape index (κ2) is 8.42. The van der Waals surface area contributed by atoms with Crippen molar-refractivity contribution in [2.75, 3.05) is 5.73 Å². The Bertz CT molecular complexity index is 1350. The lowest BCUT2D eigenvalue weighted by Crippen LogP contribution is -2.44. The van der Waals surface area contributed by atoms with Crippen LogP contribution >= 0.6 is 11.3 Å². The molecule has 1 unspecified atom stereocenters. The van der Waals surface area contributed by atoms with Crippen LogP contribution < -0.4 is 16.2 Å². The highest BCUT2D eigenvalue weighted by Gasteiger charge is 2.23. The number of nitrogens with two attached hydrogens (primary N) is 2. The molecule has 0 aliphatic carbocycles. The van der Waals surface area contributed by atoms with E-state index in [9.17, 15) is 13.2 Å². The summed E-state index contributed by atoms with van der Waals surface area (Å²) >= 11 is 1.36. The molecule has 0 aliphatic heterocycles. The number of sulfonamides is 1. The van der Waals surface area contributed by atoms with Gasteiger partial charge in [0.25, 0.3) is 15.9 Å². The van der Waals surface area contributed by atoms with Crippen LogP contribution in [0.25, 0.3) is 20.7 Å². The quantitative estimate of drug-likeness (QED) is 0.407. The molecule has 2 aromatic heterocycles. The number of anilines is 1. The lowest BCUT2D eigenvalue weighted by atomic mass is 10.1. The first-order valence-electron chi connectivity index (χ1n) is 9.30. The third-order valence-corrected chi connectivity index (χ3v) is 7.18. The zero-order valence-electron chi connectivity index (χ0n) is 16.2. The van der Waals surface area contributed by atoms with Gasteiger partial charge in [-0.3, -0.25) is 4.79 Å². The Balaban J connectivity index is 1.55. The summed E-state index contributed by atoms with van der Waals surface area (Å²) in [5.74, 6) is -0.399. The molecule has 4 aromatic rings. The maximum atomic E-state index is 12.8. The van der Waals surface area contributed by atoms with Crippen molar-refractivity contribution >= 4 is 43.3 Å². The largest absolute Gasteiger partial charge is 0.382 e. The highest BCUT2D eigenvalue weighted by molar-refractivity contribution is 7.90. The molecule has 0 aliphatic rings. The molecule has 158 valence electrons. The summed E-state index contributed by atoms with van der Waals surface area (Å²) in [7, 11) is -4.09. The number of fused-ring (bicyclic) bond motifs is 1. The molecular weight excluding hydrogens is 434 g/mol. The van der Waals surface area contributed by atoms with Gasteiger partial charge in [0.2, 0.25) is 0 Å². The van der Waals surface area contributed by atoms with Crippen molar-refractivity contribution < 1.29 is 13.2 Å². The summed E-state index contributed by atoms with van der Waals surface area (Å²) in [6.07, 6.45) is 1.61. The van der Waals surface area contributed by atoms with E-state index in [-0.39, 0.29) is 11.3 Å². The van der Waals surface area contributed by atoms with Crippen LogP contribution in [0.2, 0.25) is 0 Å². The Morgan fingerprint density at radius 1 is 1.06 bits per heavy atom. The minimum absolute atomic E-state index is 0.0400. The van der Waals surface area contributed by atoms with Crippen molar-refractivity contribution in [2.45, 2.75) is 17.4 Å². The lowest BCUT2D eigenvalue weighted by molar-refractivity contribution is -0.120. The molecule has 0 saturated carbocycles. The van der Waals surface area contributed by atoms with Gasteiger partial charge >= 0.3 is 0 Å². The first-order valence-corrected chi connectivity index (χ1v) is 11.6. The van der Waals surface area contributed by atoms with E-state index in [1.54, 1.807) is 12.1 Å². The highest BCUT2D eigenvalue weighted by Crippen LogP contribution is 2.35. The van der Waals surface area contributed by atoms with Crippen LogP contribution in [-0.2, 0) is 21.2 Å². The van der Waals surface area contributed by atoms with Crippen molar-refractivity contribution in [2.24, 2.45) is 5.73 Å². The number of aromatic nitrogens is 2. The van der Waals surface area contributed by atoms with Crippen LogP contribution in [0.3, 0.4) is 0 Å².